The summed E-state index contributed by atoms with van der Waals surface area (Å²) < 4.78 is 8.02. The molecule has 1 N–H and O–H groups in total. The van der Waals surface area contributed by atoms with Gasteiger partial charge in [0, 0.05) is 19.2 Å². The number of hydrogen-bond donors (Lipinski definition) is 1. The Morgan fingerprint density at radius 2 is 2.11 bits per heavy atom. The number of amides is 1. The van der Waals surface area contributed by atoms with E-state index in [0.29, 0.717) is 12.2 Å². The summed E-state index contributed by atoms with van der Waals surface area (Å²) in [6.07, 6.45) is 1.67. The molecule has 5 nitrogen and oxygen atoms in total. The van der Waals surface area contributed by atoms with E-state index < -0.39 is 8.32 Å². The number of nitrogens with zero attached hydrogens (tertiary/aromatic N) is 2. The van der Waals surface area contributed by atoms with E-state index >= 15 is 0 Å². The summed E-state index contributed by atoms with van der Waals surface area (Å²) in [7, 11) is -0.0770. The Morgan fingerprint density at radius 1 is 1.47 bits per heavy atom. The standard InChI is InChI=1S/C13H23N3O2Si/c1-13(2,3)19(5,6)18-10-8-14-12(17)11-9(10)7-15-16(11)4/h7,10H,8H2,1-6H3,(H,14,17). The molecule has 0 aromatic carbocycles. The van der Waals surface area contributed by atoms with Crippen LogP contribution in [0.15, 0.2) is 6.20 Å². The van der Waals surface area contributed by atoms with E-state index in [2.05, 4.69) is 44.3 Å². The third-order valence-corrected chi connectivity index (χ3v) is 8.71. The number of aromatic nitrogens is 2. The summed E-state index contributed by atoms with van der Waals surface area (Å²) in [6, 6.07) is 0. The predicted molar refractivity (Wildman–Crippen MR) is 76.6 cm³/mol. The largest absolute Gasteiger partial charge is 0.408 e. The molecule has 0 saturated carbocycles. The molecule has 1 atom stereocenters. The molecule has 1 unspecified atom stereocenters. The summed E-state index contributed by atoms with van der Waals surface area (Å²) >= 11 is 0. The maximum atomic E-state index is 11.9. The molecule has 0 saturated heterocycles. The molecule has 0 bridgehead atoms. The van der Waals surface area contributed by atoms with Crippen LogP contribution in [0.4, 0.5) is 0 Å². The lowest BCUT2D eigenvalue weighted by atomic mass is 10.1. The van der Waals surface area contributed by atoms with Gasteiger partial charge in [0.25, 0.3) is 5.91 Å². The van der Waals surface area contributed by atoms with Crippen LogP contribution in [0.1, 0.15) is 42.9 Å². The maximum Gasteiger partial charge on any atom is 0.270 e. The van der Waals surface area contributed by atoms with Crippen LogP contribution in [0.5, 0.6) is 0 Å². The van der Waals surface area contributed by atoms with Crippen molar-refractivity contribution >= 4 is 14.2 Å². The lowest BCUT2D eigenvalue weighted by Gasteiger charge is -2.40. The zero-order chi connectivity index (χ0) is 14.4. The van der Waals surface area contributed by atoms with E-state index in [9.17, 15) is 4.79 Å². The van der Waals surface area contributed by atoms with E-state index in [1.54, 1.807) is 17.9 Å². The van der Waals surface area contributed by atoms with E-state index in [0.717, 1.165) is 5.56 Å². The lowest BCUT2D eigenvalue weighted by Crippen LogP contribution is -2.46. The number of aryl methyl sites for hydroxylation is 1. The summed E-state index contributed by atoms with van der Waals surface area (Å²) in [4.78, 5) is 11.9. The Kier molecular flexibility index (Phi) is 3.34. The molecule has 1 aliphatic rings. The van der Waals surface area contributed by atoms with Gasteiger partial charge < -0.3 is 9.74 Å². The first-order valence-corrected chi connectivity index (χ1v) is 9.52. The highest BCUT2D eigenvalue weighted by molar-refractivity contribution is 6.74. The lowest BCUT2D eigenvalue weighted by molar-refractivity contribution is 0.0874. The number of hydrogen-bond acceptors (Lipinski definition) is 3. The van der Waals surface area contributed by atoms with E-state index in [4.69, 9.17) is 4.43 Å². The van der Waals surface area contributed by atoms with Crippen molar-refractivity contribution in [2.24, 2.45) is 7.05 Å². The molecule has 6 heteroatoms. The van der Waals surface area contributed by atoms with Gasteiger partial charge in [0.15, 0.2) is 8.32 Å². The van der Waals surface area contributed by atoms with Crippen molar-refractivity contribution in [1.29, 1.82) is 0 Å². The molecule has 0 fully saturated rings. The third-order valence-electron chi connectivity index (χ3n) is 4.22. The van der Waals surface area contributed by atoms with Gasteiger partial charge in [-0.05, 0) is 18.1 Å². The fraction of sp³-hybridized carbons (Fsp3) is 0.692. The monoisotopic (exact) mass is 281 g/mol. The average Bonchev–Trinajstić information content (AvgIpc) is 2.64. The maximum absolute atomic E-state index is 11.9. The molecule has 1 aromatic rings. The van der Waals surface area contributed by atoms with Crippen LogP contribution in [0.3, 0.4) is 0 Å². The van der Waals surface area contributed by atoms with Crippen LogP contribution in [-0.2, 0) is 11.5 Å². The summed E-state index contributed by atoms with van der Waals surface area (Å²) in [6.45, 7) is 11.6. The SMILES string of the molecule is Cn1ncc2c1C(=O)NCC2O[Si](C)(C)C(C)(C)C. The summed E-state index contributed by atoms with van der Waals surface area (Å²) in [5.74, 6) is -0.0647. The van der Waals surface area contributed by atoms with Crippen LogP contribution < -0.4 is 5.32 Å². The smallest absolute Gasteiger partial charge is 0.270 e. The molecule has 2 heterocycles. The van der Waals surface area contributed by atoms with Gasteiger partial charge in [-0.3, -0.25) is 9.48 Å². The molecule has 0 aliphatic carbocycles. The Labute approximate surface area is 115 Å². The molecule has 19 heavy (non-hydrogen) atoms. The molecular weight excluding hydrogens is 258 g/mol. The average molecular weight is 281 g/mol. The minimum absolute atomic E-state index is 0.0647. The quantitative estimate of drug-likeness (QED) is 0.846. The van der Waals surface area contributed by atoms with Gasteiger partial charge in [-0.25, -0.2) is 0 Å². The van der Waals surface area contributed by atoms with Crippen molar-refractivity contribution in [3.8, 4) is 0 Å². The minimum Gasteiger partial charge on any atom is -0.408 e. The highest BCUT2D eigenvalue weighted by Gasteiger charge is 2.41. The topological polar surface area (TPSA) is 56.2 Å². The van der Waals surface area contributed by atoms with Gasteiger partial charge >= 0.3 is 0 Å². The number of carbonyl (C=O) groups excluding carboxylic acids is 1. The second kappa shape index (κ2) is 4.45. The summed E-state index contributed by atoms with van der Waals surface area (Å²) in [5.41, 5.74) is 1.53. The Hall–Kier alpha value is -1.14. The zero-order valence-corrected chi connectivity index (χ0v) is 13.6. The first kappa shape index (κ1) is 14.3. The fourth-order valence-corrected chi connectivity index (χ4v) is 3.26. The molecule has 0 spiro atoms. The van der Waals surface area contributed by atoms with E-state index in [1.807, 2.05) is 0 Å². The van der Waals surface area contributed by atoms with Crippen LogP contribution in [-0.4, -0.2) is 30.5 Å². The van der Waals surface area contributed by atoms with Gasteiger partial charge in [0.1, 0.15) is 5.69 Å². The number of rotatable bonds is 2. The van der Waals surface area contributed by atoms with Crippen molar-refractivity contribution in [3.63, 3.8) is 0 Å². The molecule has 1 amide bonds. The van der Waals surface area contributed by atoms with Gasteiger partial charge in [0.2, 0.25) is 0 Å². The molecule has 106 valence electrons. The molecule has 2 rings (SSSR count). The van der Waals surface area contributed by atoms with E-state index in [-0.39, 0.29) is 17.0 Å². The van der Waals surface area contributed by atoms with Crippen molar-refractivity contribution in [1.82, 2.24) is 15.1 Å². The highest BCUT2D eigenvalue weighted by atomic mass is 28.4. The molecular formula is C13H23N3O2Si. The minimum atomic E-state index is -1.86. The number of nitrogens with one attached hydrogen (secondary N) is 1. The van der Waals surface area contributed by atoms with Gasteiger partial charge in [-0.1, -0.05) is 20.8 Å². The van der Waals surface area contributed by atoms with Crippen LogP contribution >= 0.6 is 0 Å². The second-order valence-corrected chi connectivity index (χ2v) is 11.4. The van der Waals surface area contributed by atoms with Crippen molar-refractivity contribution in [2.45, 2.75) is 45.0 Å². The zero-order valence-electron chi connectivity index (χ0n) is 12.6. The Morgan fingerprint density at radius 3 is 2.68 bits per heavy atom. The van der Waals surface area contributed by atoms with Gasteiger partial charge in [0.05, 0.1) is 12.3 Å². The Bertz CT molecular complexity index is 502. The van der Waals surface area contributed by atoms with Crippen molar-refractivity contribution in [2.75, 3.05) is 6.54 Å². The fourth-order valence-electron chi connectivity index (χ4n) is 1.98. The second-order valence-electron chi connectivity index (χ2n) is 6.65. The molecule has 1 aromatic heterocycles. The Balaban J connectivity index is 2.29. The van der Waals surface area contributed by atoms with Crippen LogP contribution in [0.2, 0.25) is 18.1 Å². The predicted octanol–water partition coefficient (Wildman–Crippen LogP) is 2.23. The number of fused-ring (bicyclic) bond motifs is 1. The van der Waals surface area contributed by atoms with Gasteiger partial charge in [-0.15, -0.1) is 0 Å². The van der Waals surface area contributed by atoms with Crippen LogP contribution in [0, 0.1) is 0 Å². The van der Waals surface area contributed by atoms with Crippen molar-refractivity contribution in [3.05, 3.63) is 17.5 Å². The highest BCUT2D eigenvalue weighted by Crippen LogP contribution is 2.40. The van der Waals surface area contributed by atoms with E-state index in [1.165, 1.54) is 0 Å². The summed E-state index contributed by atoms with van der Waals surface area (Å²) in [5, 5.41) is 7.22. The third kappa shape index (κ3) is 2.46. The van der Waals surface area contributed by atoms with Crippen molar-refractivity contribution < 1.29 is 9.22 Å². The molecule has 0 radical (unpaired) electrons. The van der Waals surface area contributed by atoms with Crippen LogP contribution in [0.25, 0.3) is 0 Å². The number of carbonyl (C=O) groups is 1. The molecule has 1 aliphatic heterocycles. The normalized spacial score (nSPS) is 20.1. The van der Waals surface area contributed by atoms with Gasteiger partial charge in [-0.2, -0.15) is 5.10 Å². The first-order chi connectivity index (χ1) is 8.63. The first-order valence-electron chi connectivity index (χ1n) is 6.61.